The lowest BCUT2D eigenvalue weighted by Crippen LogP contribution is -2.49. The monoisotopic (exact) mass is 505 g/mol. The molecule has 0 aliphatic heterocycles. The van der Waals surface area contributed by atoms with Crippen LogP contribution in [0.5, 0.6) is 0 Å². The second-order valence-electron chi connectivity index (χ2n) is 8.61. The van der Waals surface area contributed by atoms with Gasteiger partial charge in [0.1, 0.15) is 11.9 Å². The molecule has 0 aromatic heterocycles. The number of sulfonamides is 1. The average Bonchev–Trinajstić information content (AvgIpc) is 2.81. The summed E-state index contributed by atoms with van der Waals surface area (Å²) < 4.78 is 39.9. The van der Waals surface area contributed by atoms with Crippen molar-refractivity contribution in [1.82, 2.24) is 10.2 Å². The Hall–Kier alpha value is -2.94. The van der Waals surface area contributed by atoms with E-state index in [1.165, 1.54) is 18.2 Å². The first-order chi connectivity index (χ1) is 16.6. The van der Waals surface area contributed by atoms with E-state index < -0.39 is 21.9 Å². The van der Waals surface area contributed by atoms with Gasteiger partial charge in [-0.05, 0) is 43.9 Å². The van der Waals surface area contributed by atoms with Crippen molar-refractivity contribution < 1.29 is 22.4 Å². The normalized spacial score (nSPS) is 12.1. The van der Waals surface area contributed by atoms with E-state index in [9.17, 15) is 22.4 Å². The van der Waals surface area contributed by atoms with Crippen molar-refractivity contribution in [3.63, 3.8) is 0 Å². The maximum atomic E-state index is 14.3. The lowest BCUT2D eigenvalue weighted by Gasteiger charge is -2.31. The van der Waals surface area contributed by atoms with Gasteiger partial charge in [-0.15, -0.1) is 0 Å². The van der Waals surface area contributed by atoms with Gasteiger partial charge in [0.15, 0.2) is 0 Å². The number of rotatable bonds is 13. The number of amides is 2. The second kappa shape index (κ2) is 13.2. The minimum Gasteiger partial charge on any atom is -0.354 e. The molecule has 0 fully saturated rings. The van der Waals surface area contributed by atoms with E-state index in [1.807, 2.05) is 45.0 Å². The van der Waals surface area contributed by atoms with E-state index in [0.717, 1.165) is 28.1 Å². The summed E-state index contributed by atoms with van der Waals surface area (Å²) in [5.41, 5.74) is 1.94. The number of nitrogens with one attached hydrogen (secondary N) is 1. The Balaban J connectivity index is 2.20. The Kier molecular flexibility index (Phi) is 10.7. The van der Waals surface area contributed by atoms with Gasteiger partial charge in [-0.2, -0.15) is 0 Å². The molecule has 35 heavy (non-hydrogen) atoms. The summed E-state index contributed by atoms with van der Waals surface area (Å²) in [6.07, 6.45) is 2.43. The van der Waals surface area contributed by atoms with E-state index in [-0.39, 0.29) is 43.4 Å². The van der Waals surface area contributed by atoms with Crippen molar-refractivity contribution in [1.29, 1.82) is 0 Å². The lowest BCUT2D eigenvalue weighted by atomic mass is 10.1. The number of carbonyl (C=O) groups excluding carboxylic acids is 2. The van der Waals surface area contributed by atoms with E-state index in [4.69, 9.17) is 0 Å². The predicted molar refractivity (Wildman–Crippen MR) is 137 cm³/mol. The average molecular weight is 506 g/mol. The molecule has 0 aliphatic rings. The van der Waals surface area contributed by atoms with Crippen LogP contribution in [0.2, 0.25) is 0 Å². The Morgan fingerprint density at radius 3 is 2.29 bits per heavy atom. The number of halogens is 1. The number of para-hydroxylation sites is 1. The fourth-order valence-corrected chi connectivity index (χ4v) is 4.78. The molecule has 1 unspecified atom stereocenters. The molecule has 1 atom stereocenters. The Labute approximate surface area is 208 Å². The number of carbonyl (C=O) groups is 2. The minimum absolute atomic E-state index is 0.0177. The Bertz CT molecular complexity index is 1090. The summed E-state index contributed by atoms with van der Waals surface area (Å²) in [5.74, 6) is -1.12. The molecule has 2 rings (SSSR count). The fraction of sp³-hybridized carbons (Fsp3) is 0.462. The van der Waals surface area contributed by atoms with Crippen molar-refractivity contribution in [2.24, 2.45) is 0 Å². The molecule has 2 aromatic rings. The summed E-state index contributed by atoms with van der Waals surface area (Å²) >= 11 is 0. The maximum Gasteiger partial charge on any atom is 0.242 e. The first-order valence-corrected chi connectivity index (χ1v) is 13.8. The standard InChI is InChI=1S/C26H36FN3O4S/c1-5-17-28-26(32)23(6-2)29(19-21-15-13-20(3)14-16-21)25(31)12-9-18-30(35(4,33)34)24-11-8-7-10-22(24)27/h7-8,10-11,13-16,23H,5-6,9,12,17-19H2,1-4H3,(H,28,32). The SMILES string of the molecule is CCCNC(=O)C(CC)N(Cc1ccc(C)cc1)C(=O)CCCN(c1ccccc1F)S(C)(=O)=O. The molecule has 7 nitrogen and oxygen atoms in total. The van der Waals surface area contributed by atoms with Gasteiger partial charge in [-0.25, -0.2) is 12.8 Å². The summed E-state index contributed by atoms with van der Waals surface area (Å²) in [4.78, 5) is 27.7. The molecule has 0 spiro atoms. The predicted octanol–water partition coefficient (Wildman–Crippen LogP) is 4.01. The molecule has 9 heteroatoms. The van der Waals surface area contributed by atoms with Crippen molar-refractivity contribution in [2.45, 2.75) is 59.0 Å². The van der Waals surface area contributed by atoms with Crippen LogP contribution in [-0.2, 0) is 26.2 Å². The molecule has 192 valence electrons. The maximum absolute atomic E-state index is 14.3. The van der Waals surface area contributed by atoms with Crippen molar-refractivity contribution in [2.75, 3.05) is 23.7 Å². The zero-order chi connectivity index (χ0) is 26.0. The minimum atomic E-state index is -3.75. The van der Waals surface area contributed by atoms with Gasteiger partial charge in [0.25, 0.3) is 0 Å². The smallest absolute Gasteiger partial charge is 0.242 e. The second-order valence-corrected chi connectivity index (χ2v) is 10.5. The largest absolute Gasteiger partial charge is 0.354 e. The molecule has 0 aliphatic carbocycles. The molecule has 0 heterocycles. The van der Waals surface area contributed by atoms with E-state index >= 15 is 0 Å². The number of hydrogen-bond donors (Lipinski definition) is 1. The van der Waals surface area contributed by atoms with Gasteiger partial charge >= 0.3 is 0 Å². The van der Waals surface area contributed by atoms with Crippen LogP contribution in [0.25, 0.3) is 0 Å². The van der Waals surface area contributed by atoms with Gasteiger partial charge in [0, 0.05) is 26.1 Å². The van der Waals surface area contributed by atoms with Crippen molar-refractivity contribution in [3.8, 4) is 0 Å². The molecule has 0 saturated heterocycles. The molecule has 2 aromatic carbocycles. The van der Waals surface area contributed by atoms with Crippen LogP contribution in [0, 0.1) is 12.7 Å². The van der Waals surface area contributed by atoms with Crippen LogP contribution >= 0.6 is 0 Å². The first kappa shape index (κ1) is 28.3. The van der Waals surface area contributed by atoms with Crippen molar-refractivity contribution >= 4 is 27.5 Å². The quantitative estimate of drug-likeness (QED) is 0.446. The molecule has 0 bridgehead atoms. The van der Waals surface area contributed by atoms with Crippen LogP contribution in [0.1, 0.15) is 50.7 Å². The van der Waals surface area contributed by atoms with E-state index in [0.29, 0.717) is 13.0 Å². The summed E-state index contributed by atoms with van der Waals surface area (Å²) in [5, 5.41) is 2.87. The van der Waals surface area contributed by atoms with Crippen LogP contribution < -0.4 is 9.62 Å². The zero-order valence-electron chi connectivity index (χ0n) is 21.0. The van der Waals surface area contributed by atoms with Crippen LogP contribution in [-0.4, -0.2) is 50.5 Å². The summed E-state index contributed by atoms with van der Waals surface area (Å²) in [6.45, 7) is 6.52. The highest BCUT2D eigenvalue weighted by atomic mass is 32.2. The molecule has 1 N–H and O–H groups in total. The molecule has 2 amide bonds. The molecular weight excluding hydrogens is 469 g/mol. The van der Waals surface area contributed by atoms with Gasteiger partial charge < -0.3 is 10.2 Å². The van der Waals surface area contributed by atoms with Gasteiger partial charge in [0.05, 0.1) is 11.9 Å². The number of benzene rings is 2. The number of nitrogens with zero attached hydrogens (tertiary/aromatic N) is 2. The number of hydrogen-bond acceptors (Lipinski definition) is 4. The van der Waals surface area contributed by atoms with Crippen LogP contribution in [0.15, 0.2) is 48.5 Å². The van der Waals surface area contributed by atoms with Gasteiger partial charge in [-0.3, -0.25) is 13.9 Å². The van der Waals surface area contributed by atoms with Crippen LogP contribution in [0.4, 0.5) is 10.1 Å². The highest BCUT2D eigenvalue weighted by Crippen LogP contribution is 2.22. The Morgan fingerprint density at radius 2 is 1.71 bits per heavy atom. The zero-order valence-corrected chi connectivity index (χ0v) is 21.8. The lowest BCUT2D eigenvalue weighted by molar-refractivity contribution is -0.141. The summed E-state index contributed by atoms with van der Waals surface area (Å²) in [7, 11) is -3.75. The third-order valence-corrected chi connectivity index (χ3v) is 6.86. The number of anilines is 1. The summed E-state index contributed by atoms with van der Waals surface area (Å²) in [6, 6.07) is 12.8. The Morgan fingerprint density at radius 1 is 1.06 bits per heavy atom. The highest BCUT2D eigenvalue weighted by molar-refractivity contribution is 7.92. The highest BCUT2D eigenvalue weighted by Gasteiger charge is 2.29. The third-order valence-electron chi connectivity index (χ3n) is 5.68. The van der Waals surface area contributed by atoms with Gasteiger partial charge in [0.2, 0.25) is 21.8 Å². The fourth-order valence-electron chi connectivity index (χ4n) is 3.81. The first-order valence-electron chi connectivity index (χ1n) is 11.9. The molecular formula is C26H36FN3O4S. The molecule has 0 radical (unpaired) electrons. The topological polar surface area (TPSA) is 86.8 Å². The van der Waals surface area contributed by atoms with Crippen molar-refractivity contribution in [3.05, 3.63) is 65.5 Å². The van der Waals surface area contributed by atoms with Gasteiger partial charge in [-0.1, -0.05) is 55.8 Å². The van der Waals surface area contributed by atoms with Crippen LogP contribution in [0.3, 0.4) is 0 Å². The molecule has 0 saturated carbocycles. The third kappa shape index (κ3) is 8.35. The number of aryl methyl sites for hydroxylation is 1. The van der Waals surface area contributed by atoms with E-state index in [2.05, 4.69) is 5.32 Å². The van der Waals surface area contributed by atoms with E-state index in [1.54, 1.807) is 11.0 Å².